The lowest BCUT2D eigenvalue weighted by Crippen LogP contribution is -2.26. The minimum atomic E-state index is -0.505. The van der Waals surface area contributed by atoms with Crippen LogP contribution in [-0.4, -0.2) is 17.9 Å². The molecule has 1 amide bonds. The molecule has 0 spiro atoms. The maximum Gasteiger partial charge on any atom is 0.297 e. The number of nitro benzene ring substituents is 1. The summed E-state index contributed by atoms with van der Waals surface area (Å²) in [6.45, 7) is 1.75. The molecule has 0 fully saturated rings. The van der Waals surface area contributed by atoms with E-state index in [0.717, 1.165) is 0 Å². The number of amides is 1. The first kappa shape index (κ1) is 13.1. The highest BCUT2D eigenvalue weighted by atomic mass is 16.6. The maximum absolute atomic E-state index is 12.5. The summed E-state index contributed by atoms with van der Waals surface area (Å²) in [5, 5.41) is 11.3. The van der Waals surface area contributed by atoms with Gasteiger partial charge in [0, 0.05) is 13.1 Å². The number of anilines is 1. The van der Waals surface area contributed by atoms with Crippen LogP contribution in [0, 0.1) is 17.0 Å². The van der Waals surface area contributed by atoms with Crippen LogP contribution in [0.25, 0.3) is 0 Å². The van der Waals surface area contributed by atoms with Gasteiger partial charge >= 0.3 is 0 Å². The number of hydrogen-bond donors (Lipinski definition) is 0. The topological polar surface area (TPSA) is 72.7 Å². The number of aryl methyl sites for hydroxylation is 1. The largest absolute Gasteiger partial charge is 0.454 e. The SMILES string of the molecule is Cc1cc2c(c([N+](=O)[O-])c1)N(C)C(=O)c1ccccc1O2. The van der Waals surface area contributed by atoms with E-state index in [1.165, 1.54) is 18.0 Å². The molecule has 0 aliphatic carbocycles. The van der Waals surface area contributed by atoms with Gasteiger partial charge in [-0.15, -0.1) is 0 Å². The number of hydrogen-bond acceptors (Lipinski definition) is 4. The smallest absolute Gasteiger partial charge is 0.297 e. The van der Waals surface area contributed by atoms with E-state index >= 15 is 0 Å². The van der Waals surface area contributed by atoms with Crippen molar-refractivity contribution in [3.63, 3.8) is 0 Å². The number of ether oxygens (including phenoxy) is 1. The summed E-state index contributed by atoms with van der Waals surface area (Å²) in [6.07, 6.45) is 0. The fourth-order valence-electron chi connectivity index (χ4n) is 2.41. The van der Waals surface area contributed by atoms with E-state index in [-0.39, 0.29) is 17.3 Å². The Kier molecular flexibility index (Phi) is 2.86. The zero-order chi connectivity index (χ0) is 15.1. The molecule has 0 atom stereocenters. The summed E-state index contributed by atoms with van der Waals surface area (Å²) in [5.41, 5.74) is 1.10. The van der Waals surface area contributed by atoms with E-state index in [0.29, 0.717) is 22.6 Å². The van der Waals surface area contributed by atoms with Crippen LogP contribution in [0.1, 0.15) is 15.9 Å². The number of carbonyl (C=O) groups excluding carboxylic acids is 1. The van der Waals surface area contributed by atoms with Crippen molar-refractivity contribution < 1.29 is 14.5 Å². The molecule has 6 nitrogen and oxygen atoms in total. The second kappa shape index (κ2) is 4.59. The highest BCUT2D eigenvalue weighted by Crippen LogP contribution is 2.44. The molecule has 1 aliphatic heterocycles. The van der Waals surface area contributed by atoms with Crippen molar-refractivity contribution in [2.24, 2.45) is 0 Å². The van der Waals surface area contributed by atoms with E-state index < -0.39 is 4.92 Å². The zero-order valence-corrected chi connectivity index (χ0v) is 11.5. The molecule has 0 radical (unpaired) electrons. The van der Waals surface area contributed by atoms with Crippen molar-refractivity contribution in [2.75, 3.05) is 11.9 Å². The molecule has 0 unspecified atom stereocenters. The minimum Gasteiger partial charge on any atom is -0.454 e. The number of fused-ring (bicyclic) bond motifs is 2. The van der Waals surface area contributed by atoms with Crippen molar-refractivity contribution >= 4 is 17.3 Å². The molecule has 6 heteroatoms. The lowest BCUT2D eigenvalue weighted by molar-refractivity contribution is -0.384. The molecule has 0 saturated carbocycles. The number of rotatable bonds is 1. The first-order valence-electron chi connectivity index (χ1n) is 6.33. The van der Waals surface area contributed by atoms with Gasteiger partial charge in [0.15, 0.2) is 11.4 Å². The number of nitro groups is 1. The fraction of sp³-hybridized carbons (Fsp3) is 0.133. The van der Waals surface area contributed by atoms with Gasteiger partial charge < -0.3 is 9.64 Å². The van der Waals surface area contributed by atoms with Gasteiger partial charge in [-0.2, -0.15) is 0 Å². The Labute approximate surface area is 120 Å². The van der Waals surface area contributed by atoms with Gasteiger partial charge in [0.05, 0.1) is 10.5 Å². The third-order valence-electron chi connectivity index (χ3n) is 3.37. The highest BCUT2D eigenvalue weighted by Gasteiger charge is 2.32. The average Bonchev–Trinajstić information content (AvgIpc) is 2.55. The van der Waals surface area contributed by atoms with Crippen molar-refractivity contribution in [3.8, 4) is 11.5 Å². The average molecular weight is 284 g/mol. The maximum atomic E-state index is 12.5. The summed E-state index contributed by atoms with van der Waals surface area (Å²) in [4.78, 5) is 24.5. The van der Waals surface area contributed by atoms with Crippen molar-refractivity contribution in [3.05, 3.63) is 57.6 Å². The van der Waals surface area contributed by atoms with Gasteiger partial charge in [-0.05, 0) is 30.7 Å². The van der Waals surface area contributed by atoms with Crippen LogP contribution in [0.4, 0.5) is 11.4 Å². The van der Waals surface area contributed by atoms with Crippen LogP contribution in [0.3, 0.4) is 0 Å². The van der Waals surface area contributed by atoms with Crippen molar-refractivity contribution in [2.45, 2.75) is 6.92 Å². The van der Waals surface area contributed by atoms with Crippen molar-refractivity contribution in [1.29, 1.82) is 0 Å². The van der Waals surface area contributed by atoms with E-state index in [1.54, 1.807) is 37.3 Å². The van der Waals surface area contributed by atoms with Gasteiger partial charge in [0.1, 0.15) is 5.75 Å². The Morgan fingerprint density at radius 2 is 1.90 bits per heavy atom. The van der Waals surface area contributed by atoms with Crippen LogP contribution in [0.5, 0.6) is 11.5 Å². The number of benzene rings is 2. The normalized spacial score (nSPS) is 13.0. The van der Waals surface area contributed by atoms with Gasteiger partial charge in [0.25, 0.3) is 11.6 Å². The molecular weight excluding hydrogens is 272 g/mol. The van der Waals surface area contributed by atoms with Crippen LogP contribution >= 0.6 is 0 Å². The number of para-hydroxylation sites is 1. The molecule has 0 aromatic heterocycles. The van der Waals surface area contributed by atoms with Crippen LogP contribution in [0.15, 0.2) is 36.4 Å². The molecular formula is C15H12N2O4. The molecule has 0 bridgehead atoms. The summed E-state index contributed by atoms with van der Waals surface area (Å²) in [6, 6.07) is 9.91. The second-order valence-corrected chi connectivity index (χ2v) is 4.85. The fourth-order valence-corrected chi connectivity index (χ4v) is 2.41. The van der Waals surface area contributed by atoms with E-state index in [2.05, 4.69) is 0 Å². The van der Waals surface area contributed by atoms with Gasteiger partial charge in [-0.25, -0.2) is 0 Å². The Morgan fingerprint density at radius 1 is 1.19 bits per heavy atom. The summed E-state index contributed by atoms with van der Waals surface area (Å²) >= 11 is 0. The third-order valence-corrected chi connectivity index (χ3v) is 3.37. The Hall–Kier alpha value is -2.89. The second-order valence-electron chi connectivity index (χ2n) is 4.85. The molecule has 3 rings (SSSR count). The summed E-state index contributed by atoms with van der Waals surface area (Å²) in [7, 11) is 1.51. The van der Waals surface area contributed by atoms with Gasteiger partial charge in [0.2, 0.25) is 0 Å². The monoisotopic (exact) mass is 284 g/mol. The number of nitrogens with zero attached hydrogens (tertiary/aromatic N) is 2. The molecule has 2 aromatic carbocycles. The molecule has 1 heterocycles. The first-order chi connectivity index (χ1) is 9.99. The van der Waals surface area contributed by atoms with Crippen LogP contribution in [-0.2, 0) is 0 Å². The predicted molar refractivity (Wildman–Crippen MR) is 77.1 cm³/mol. The Morgan fingerprint density at radius 3 is 2.62 bits per heavy atom. The van der Waals surface area contributed by atoms with Crippen LogP contribution in [0.2, 0.25) is 0 Å². The molecule has 0 saturated heterocycles. The first-order valence-corrected chi connectivity index (χ1v) is 6.33. The zero-order valence-electron chi connectivity index (χ0n) is 11.5. The van der Waals surface area contributed by atoms with Crippen molar-refractivity contribution in [1.82, 2.24) is 0 Å². The number of carbonyl (C=O) groups is 1. The Bertz CT molecular complexity index is 770. The molecule has 21 heavy (non-hydrogen) atoms. The Balaban J connectivity index is 2.31. The van der Waals surface area contributed by atoms with E-state index in [4.69, 9.17) is 4.74 Å². The lowest BCUT2D eigenvalue weighted by atomic mass is 10.1. The molecule has 1 aliphatic rings. The molecule has 0 N–H and O–H groups in total. The van der Waals surface area contributed by atoms with Gasteiger partial charge in [-0.3, -0.25) is 14.9 Å². The van der Waals surface area contributed by atoms with E-state index in [1.807, 2.05) is 0 Å². The summed E-state index contributed by atoms with van der Waals surface area (Å²) in [5.74, 6) is 0.367. The summed E-state index contributed by atoms with van der Waals surface area (Å²) < 4.78 is 5.75. The standard InChI is InChI=1S/C15H12N2O4/c1-9-7-11(17(19)20)14-13(8-9)21-12-6-4-3-5-10(12)15(18)16(14)2/h3-8H,1-2H3. The highest BCUT2D eigenvalue weighted by molar-refractivity contribution is 6.10. The minimum absolute atomic E-state index is 0.145. The predicted octanol–water partition coefficient (Wildman–Crippen LogP) is 3.29. The quantitative estimate of drug-likeness (QED) is 0.595. The molecule has 2 aromatic rings. The third kappa shape index (κ3) is 2.01. The van der Waals surface area contributed by atoms with Gasteiger partial charge in [-0.1, -0.05) is 12.1 Å². The van der Waals surface area contributed by atoms with E-state index in [9.17, 15) is 14.9 Å². The lowest BCUT2D eigenvalue weighted by Gasteiger charge is -2.16. The molecule has 106 valence electrons. The van der Waals surface area contributed by atoms with Crippen LogP contribution < -0.4 is 9.64 Å².